The van der Waals surface area contributed by atoms with Crippen molar-refractivity contribution in [1.82, 2.24) is 0 Å². The van der Waals surface area contributed by atoms with E-state index in [2.05, 4.69) is 13.0 Å². The fourth-order valence-electron chi connectivity index (χ4n) is 3.08. The molecule has 0 bridgehead atoms. The Balaban J connectivity index is 2.00. The van der Waals surface area contributed by atoms with Crippen LogP contribution in [0.25, 0.3) is 0 Å². The van der Waals surface area contributed by atoms with Crippen LogP contribution in [0.15, 0.2) is 42.5 Å². The highest BCUT2D eigenvalue weighted by atomic mass is 16.5. The zero-order chi connectivity index (χ0) is 16.4. The van der Waals surface area contributed by atoms with Crippen LogP contribution in [0.4, 0.5) is 5.69 Å². The molecule has 4 heteroatoms. The fraction of sp³-hybridized carbons (Fsp3) is 0.316. The maximum atomic E-state index is 13.1. The lowest BCUT2D eigenvalue weighted by molar-refractivity contribution is 0.0980. The van der Waals surface area contributed by atoms with Crippen LogP contribution in [-0.2, 0) is 6.42 Å². The van der Waals surface area contributed by atoms with E-state index in [-0.39, 0.29) is 5.91 Å². The van der Waals surface area contributed by atoms with Gasteiger partial charge in [0.2, 0.25) is 0 Å². The first-order chi connectivity index (χ1) is 11.1. The third kappa shape index (κ3) is 3.02. The van der Waals surface area contributed by atoms with Crippen LogP contribution < -0.4 is 14.4 Å². The van der Waals surface area contributed by atoms with E-state index in [9.17, 15) is 4.79 Å². The summed E-state index contributed by atoms with van der Waals surface area (Å²) in [6.07, 6.45) is 1.00. The molecule has 1 aliphatic heterocycles. The largest absolute Gasteiger partial charge is 0.497 e. The lowest BCUT2D eigenvalue weighted by Crippen LogP contribution is -2.39. The van der Waals surface area contributed by atoms with Gasteiger partial charge in [0.05, 0.1) is 14.2 Å². The van der Waals surface area contributed by atoms with Gasteiger partial charge >= 0.3 is 0 Å². The van der Waals surface area contributed by atoms with Crippen LogP contribution in [-0.4, -0.2) is 26.7 Å². The summed E-state index contributed by atoms with van der Waals surface area (Å²) in [4.78, 5) is 14.9. The Hall–Kier alpha value is -2.49. The Morgan fingerprint density at radius 3 is 2.39 bits per heavy atom. The average molecular weight is 311 g/mol. The standard InChI is InChI=1S/C19H21NO3/c1-13-8-14-6-4-5-7-18(14)20(12-13)19(21)15-9-16(22-2)11-17(10-15)23-3/h4-7,9-11,13H,8,12H2,1-3H3. The van der Waals surface area contributed by atoms with Crippen molar-refractivity contribution in [1.29, 1.82) is 0 Å². The molecule has 1 amide bonds. The first kappa shape index (κ1) is 15.4. The summed E-state index contributed by atoms with van der Waals surface area (Å²) in [5, 5.41) is 0. The maximum absolute atomic E-state index is 13.1. The van der Waals surface area contributed by atoms with Crippen LogP contribution >= 0.6 is 0 Å². The van der Waals surface area contributed by atoms with Gasteiger partial charge in [-0.15, -0.1) is 0 Å². The predicted molar refractivity (Wildman–Crippen MR) is 90.5 cm³/mol. The summed E-state index contributed by atoms with van der Waals surface area (Å²) >= 11 is 0. The molecule has 2 aromatic carbocycles. The summed E-state index contributed by atoms with van der Waals surface area (Å²) in [5.41, 5.74) is 2.79. The predicted octanol–water partition coefficient (Wildman–Crippen LogP) is 3.54. The van der Waals surface area contributed by atoms with E-state index in [0.29, 0.717) is 23.0 Å². The summed E-state index contributed by atoms with van der Waals surface area (Å²) in [6, 6.07) is 13.4. The molecular weight excluding hydrogens is 290 g/mol. The van der Waals surface area contributed by atoms with Crippen molar-refractivity contribution < 1.29 is 14.3 Å². The molecule has 1 unspecified atom stereocenters. The molecular formula is C19H21NO3. The van der Waals surface area contributed by atoms with Crippen molar-refractivity contribution in [3.8, 4) is 11.5 Å². The number of fused-ring (bicyclic) bond motifs is 1. The van der Waals surface area contributed by atoms with Crippen LogP contribution in [0.3, 0.4) is 0 Å². The van der Waals surface area contributed by atoms with Gasteiger partial charge in [-0.3, -0.25) is 4.79 Å². The first-order valence-electron chi connectivity index (χ1n) is 7.75. The van der Waals surface area contributed by atoms with Gasteiger partial charge in [0.25, 0.3) is 5.91 Å². The molecule has 3 rings (SSSR count). The van der Waals surface area contributed by atoms with Gasteiger partial charge in [-0.05, 0) is 36.1 Å². The monoisotopic (exact) mass is 311 g/mol. The van der Waals surface area contributed by atoms with E-state index in [4.69, 9.17) is 9.47 Å². The topological polar surface area (TPSA) is 38.8 Å². The maximum Gasteiger partial charge on any atom is 0.258 e. The lowest BCUT2D eigenvalue weighted by atomic mass is 9.93. The number of carbonyl (C=O) groups is 1. The van der Waals surface area contributed by atoms with Crippen LogP contribution in [0.1, 0.15) is 22.8 Å². The van der Waals surface area contributed by atoms with E-state index in [1.807, 2.05) is 23.1 Å². The number of hydrogen-bond acceptors (Lipinski definition) is 3. The summed E-state index contributed by atoms with van der Waals surface area (Å²) < 4.78 is 10.5. The highest BCUT2D eigenvalue weighted by Gasteiger charge is 2.27. The minimum Gasteiger partial charge on any atom is -0.497 e. The van der Waals surface area contributed by atoms with Crippen molar-refractivity contribution in [2.45, 2.75) is 13.3 Å². The van der Waals surface area contributed by atoms with Gasteiger partial charge < -0.3 is 14.4 Å². The number of benzene rings is 2. The molecule has 0 N–H and O–H groups in total. The summed E-state index contributed by atoms with van der Waals surface area (Å²) in [6.45, 7) is 2.89. The number of carbonyl (C=O) groups excluding carboxylic acids is 1. The van der Waals surface area contributed by atoms with E-state index in [1.165, 1.54) is 5.56 Å². The van der Waals surface area contributed by atoms with Gasteiger partial charge in [-0.1, -0.05) is 25.1 Å². The molecule has 0 radical (unpaired) electrons. The smallest absolute Gasteiger partial charge is 0.258 e. The lowest BCUT2D eigenvalue weighted by Gasteiger charge is -2.33. The molecule has 0 aromatic heterocycles. The fourth-order valence-corrected chi connectivity index (χ4v) is 3.08. The number of amides is 1. The third-order valence-corrected chi connectivity index (χ3v) is 4.19. The second-order valence-corrected chi connectivity index (χ2v) is 5.96. The van der Waals surface area contributed by atoms with Crippen molar-refractivity contribution in [3.05, 3.63) is 53.6 Å². The second-order valence-electron chi connectivity index (χ2n) is 5.96. The molecule has 4 nitrogen and oxygen atoms in total. The molecule has 1 atom stereocenters. The van der Waals surface area contributed by atoms with E-state index >= 15 is 0 Å². The second kappa shape index (κ2) is 6.32. The molecule has 120 valence electrons. The van der Waals surface area contributed by atoms with Gasteiger partial charge in [0, 0.05) is 23.9 Å². The Morgan fingerprint density at radius 1 is 1.09 bits per heavy atom. The molecule has 2 aromatic rings. The van der Waals surface area contributed by atoms with Gasteiger partial charge in [-0.25, -0.2) is 0 Å². The zero-order valence-electron chi connectivity index (χ0n) is 13.7. The van der Waals surface area contributed by atoms with Crippen LogP contribution in [0.5, 0.6) is 11.5 Å². The number of anilines is 1. The van der Waals surface area contributed by atoms with Gasteiger partial charge in [-0.2, -0.15) is 0 Å². The van der Waals surface area contributed by atoms with E-state index in [0.717, 1.165) is 18.7 Å². The highest BCUT2D eigenvalue weighted by molar-refractivity contribution is 6.07. The van der Waals surface area contributed by atoms with Gasteiger partial charge in [0.1, 0.15) is 11.5 Å². The van der Waals surface area contributed by atoms with E-state index in [1.54, 1.807) is 32.4 Å². The Labute approximate surface area is 136 Å². The number of methoxy groups -OCH3 is 2. The molecule has 0 spiro atoms. The zero-order valence-corrected chi connectivity index (χ0v) is 13.7. The van der Waals surface area contributed by atoms with Gasteiger partial charge in [0.15, 0.2) is 0 Å². The number of rotatable bonds is 3. The van der Waals surface area contributed by atoms with E-state index < -0.39 is 0 Å². The molecule has 0 saturated heterocycles. The molecule has 1 heterocycles. The quantitative estimate of drug-likeness (QED) is 0.870. The highest BCUT2D eigenvalue weighted by Crippen LogP contribution is 2.32. The first-order valence-corrected chi connectivity index (χ1v) is 7.75. The average Bonchev–Trinajstić information content (AvgIpc) is 2.59. The van der Waals surface area contributed by atoms with Crippen LogP contribution in [0, 0.1) is 5.92 Å². The van der Waals surface area contributed by atoms with Crippen molar-refractivity contribution in [3.63, 3.8) is 0 Å². The van der Waals surface area contributed by atoms with Crippen molar-refractivity contribution in [2.24, 2.45) is 5.92 Å². The molecule has 0 fully saturated rings. The Morgan fingerprint density at radius 2 is 1.74 bits per heavy atom. The Bertz CT molecular complexity index is 704. The number of para-hydroxylation sites is 1. The van der Waals surface area contributed by atoms with Crippen LogP contribution in [0.2, 0.25) is 0 Å². The summed E-state index contributed by atoms with van der Waals surface area (Å²) in [7, 11) is 3.17. The van der Waals surface area contributed by atoms with Crippen molar-refractivity contribution >= 4 is 11.6 Å². The number of nitrogens with zero attached hydrogens (tertiary/aromatic N) is 1. The molecule has 0 aliphatic carbocycles. The number of hydrogen-bond donors (Lipinski definition) is 0. The normalized spacial score (nSPS) is 16.7. The van der Waals surface area contributed by atoms with Crippen molar-refractivity contribution in [2.75, 3.05) is 25.7 Å². The molecule has 0 saturated carbocycles. The third-order valence-electron chi connectivity index (χ3n) is 4.19. The minimum atomic E-state index is -0.0267. The molecule has 1 aliphatic rings. The molecule has 23 heavy (non-hydrogen) atoms. The summed E-state index contributed by atoms with van der Waals surface area (Å²) in [5.74, 6) is 1.64. The number of ether oxygens (including phenoxy) is 2. The minimum absolute atomic E-state index is 0.0267. The Kier molecular flexibility index (Phi) is 4.24. The SMILES string of the molecule is COc1cc(OC)cc(C(=O)N2CC(C)Cc3ccccc32)c1.